The topological polar surface area (TPSA) is 66.5 Å². The van der Waals surface area contributed by atoms with Crippen LogP contribution in [-0.4, -0.2) is 33.2 Å². The summed E-state index contributed by atoms with van der Waals surface area (Å²) in [6.45, 7) is 8.33. The van der Waals surface area contributed by atoms with E-state index < -0.39 is 10.0 Å². The van der Waals surface area contributed by atoms with Gasteiger partial charge in [0.25, 0.3) is 10.0 Å². The number of carbonyl (C=O) groups is 1. The van der Waals surface area contributed by atoms with E-state index in [9.17, 15) is 13.2 Å². The molecular weight excluding hydrogens is 476 g/mol. The zero-order chi connectivity index (χ0) is 25.4. The van der Waals surface area contributed by atoms with Crippen LogP contribution < -0.4 is 9.62 Å². The normalized spacial score (nSPS) is 11.5. The third kappa shape index (κ3) is 7.61. The van der Waals surface area contributed by atoms with Crippen LogP contribution in [-0.2, 0) is 20.6 Å². The molecule has 1 amide bonds. The summed E-state index contributed by atoms with van der Waals surface area (Å²) in [4.78, 5) is 12.9. The molecule has 0 spiro atoms. The first kappa shape index (κ1) is 26.8. The molecule has 0 aliphatic heterocycles. The van der Waals surface area contributed by atoms with Crippen LogP contribution in [0.5, 0.6) is 0 Å². The highest BCUT2D eigenvalue weighted by molar-refractivity contribution is 7.98. The number of benzene rings is 3. The average Bonchev–Trinajstić information content (AvgIpc) is 2.83. The maximum atomic E-state index is 13.5. The van der Waals surface area contributed by atoms with E-state index in [1.165, 1.54) is 15.4 Å². The second-order valence-corrected chi connectivity index (χ2v) is 11.9. The number of rotatable bonds is 11. The van der Waals surface area contributed by atoms with Gasteiger partial charge in [-0.15, -0.1) is 0 Å². The van der Waals surface area contributed by atoms with E-state index >= 15 is 0 Å². The number of carbonyl (C=O) groups excluding carboxylic acids is 1. The SMILES string of the molecule is Cc1ccc(CSCCNC(=O)CN(c2ccc(C(C)C)cc2)S(=O)(=O)c2ccc(C)cc2)cc1. The highest BCUT2D eigenvalue weighted by atomic mass is 32.2. The number of anilines is 1. The number of amides is 1. The fourth-order valence-corrected chi connectivity index (χ4v) is 5.74. The van der Waals surface area contributed by atoms with Crippen LogP contribution in [0, 0.1) is 13.8 Å². The van der Waals surface area contributed by atoms with Crippen LogP contribution in [0.1, 0.15) is 42.0 Å². The molecule has 0 aliphatic carbocycles. The van der Waals surface area contributed by atoms with Crippen molar-refractivity contribution < 1.29 is 13.2 Å². The number of thioether (sulfide) groups is 1. The van der Waals surface area contributed by atoms with Crippen LogP contribution in [0.4, 0.5) is 5.69 Å². The van der Waals surface area contributed by atoms with Crippen LogP contribution in [0.25, 0.3) is 0 Å². The molecule has 0 atom stereocenters. The monoisotopic (exact) mass is 510 g/mol. The minimum absolute atomic E-state index is 0.164. The van der Waals surface area contributed by atoms with Gasteiger partial charge in [0.05, 0.1) is 10.6 Å². The Hall–Kier alpha value is -2.77. The summed E-state index contributed by atoms with van der Waals surface area (Å²) in [6.07, 6.45) is 0. The molecule has 0 aromatic heterocycles. The van der Waals surface area contributed by atoms with Crippen molar-refractivity contribution in [2.45, 2.75) is 44.3 Å². The zero-order valence-corrected chi connectivity index (χ0v) is 22.5. The van der Waals surface area contributed by atoms with Gasteiger partial charge < -0.3 is 5.32 Å². The van der Waals surface area contributed by atoms with Gasteiger partial charge in [0.1, 0.15) is 6.54 Å². The molecule has 0 bridgehead atoms. The summed E-state index contributed by atoms with van der Waals surface area (Å²) in [5.41, 5.74) is 5.02. The maximum Gasteiger partial charge on any atom is 0.264 e. The quantitative estimate of drug-likeness (QED) is 0.338. The lowest BCUT2D eigenvalue weighted by Crippen LogP contribution is -2.41. The van der Waals surface area contributed by atoms with Gasteiger partial charge >= 0.3 is 0 Å². The summed E-state index contributed by atoms with van der Waals surface area (Å²) in [5, 5.41) is 2.87. The van der Waals surface area contributed by atoms with Gasteiger partial charge in [-0.1, -0.05) is 73.5 Å². The van der Waals surface area contributed by atoms with Crippen molar-refractivity contribution >= 4 is 33.4 Å². The fraction of sp³-hybridized carbons (Fsp3) is 0.321. The molecule has 3 rings (SSSR count). The average molecular weight is 511 g/mol. The van der Waals surface area contributed by atoms with Gasteiger partial charge in [0.15, 0.2) is 0 Å². The number of nitrogens with zero attached hydrogens (tertiary/aromatic N) is 1. The fourth-order valence-electron chi connectivity index (χ4n) is 3.50. The summed E-state index contributed by atoms with van der Waals surface area (Å²) in [5.74, 6) is 1.61. The standard InChI is InChI=1S/C28H34N2O3S2/c1-21(2)25-11-13-26(14-12-25)30(35(32,33)27-15-7-23(4)8-16-27)19-28(31)29-17-18-34-20-24-9-5-22(3)6-10-24/h5-16,21H,17-20H2,1-4H3,(H,29,31). The lowest BCUT2D eigenvalue weighted by Gasteiger charge is -2.24. The van der Waals surface area contributed by atoms with Crippen molar-refractivity contribution in [2.75, 3.05) is 23.1 Å². The highest BCUT2D eigenvalue weighted by Gasteiger charge is 2.27. The van der Waals surface area contributed by atoms with Crippen LogP contribution >= 0.6 is 11.8 Å². The van der Waals surface area contributed by atoms with Gasteiger partial charge in [-0.05, 0) is 55.2 Å². The van der Waals surface area contributed by atoms with Crippen molar-refractivity contribution in [3.05, 3.63) is 95.1 Å². The van der Waals surface area contributed by atoms with E-state index in [4.69, 9.17) is 0 Å². The molecule has 3 aromatic carbocycles. The molecule has 7 heteroatoms. The molecule has 35 heavy (non-hydrogen) atoms. The number of hydrogen-bond acceptors (Lipinski definition) is 4. The Bertz CT molecular complexity index is 1200. The minimum Gasteiger partial charge on any atom is -0.354 e. The Morgan fingerprint density at radius 3 is 2.03 bits per heavy atom. The van der Waals surface area contributed by atoms with Crippen molar-refractivity contribution in [1.29, 1.82) is 0 Å². The third-order valence-corrected chi connectivity index (χ3v) is 8.52. The second kappa shape index (κ2) is 12.3. The van der Waals surface area contributed by atoms with Gasteiger partial charge in [0, 0.05) is 18.1 Å². The van der Waals surface area contributed by atoms with Crippen molar-refractivity contribution in [3.63, 3.8) is 0 Å². The Balaban J connectivity index is 1.67. The summed E-state index contributed by atoms with van der Waals surface area (Å²) in [6, 6.07) is 22.5. The largest absolute Gasteiger partial charge is 0.354 e. The highest BCUT2D eigenvalue weighted by Crippen LogP contribution is 2.26. The maximum absolute atomic E-state index is 13.5. The Labute approximate surface area is 214 Å². The van der Waals surface area contributed by atoms with E-state index in [0.717, 1.165) is 22.6 Å². The van der Waals surface area contributed by atoms with Crippen molar-refractivity contribution in [3.8, 4) is 0 Å². The minimum atomic E-state index is -3.91. The van der Waals surface area contributed by atoms with Gasteiger partial charge in [0.2, 0.25) is 5.91 Å². The summed E-state index contributed by atoms with van der Waals surface area (Å²) >= 11 is 1.73. The van der Waals surface area contributed by atoms with Crippen LogP contribution in [0.3, 0.4) is 0 Å². The number of aryl methyl sites for hydroxylation is 2. The Kier molecular flexibility index (Phi) is 9.40. The molecule has 3 aromatic rings. The molecule has 0 saturated heterocycles. The molecule has 0 aliphatic rings. The first-order valence-corrected chi connectivity index (χ1v) is 14.4. The summed E-state index contributed by atoms with van der Waals surface area (Å²) in [7, 11) is -3.91. The smallest absolute Gasteiger partial charge is 0.264 e. The molecule has 5 nitrogen and oxygen atoms in total. The zero-order valence-electron chi connectivity index (χ0n) is 20.8. The van der Waals surface area contributed by atoms with Gasteiger partial charge in [-0.25, -0.2) is 8.42 Å². The van der Waals surface area contributed by atoms with E-state index in [1.807, 2.05) is 19.1 Å². The number of hydrogen-bond donors (Lipinski definition) is 1. The van der Waals surface area contributed by atoms with Crippen molar-refractivity contribution in [2.24, 2.45) is 0 Å². The number of nitrogens with one attached hydrogen (secondary N) is 1. The molecule has 0 radical (unpaired) electrons. The van der Waals surface area contributed by atoms with E-state index in [2.05, 4.69) is 50.4 Å². The van der Waals surface area contributed by atoms with Crippen molar-refractivity contribution in [1.82, 2.24) is 5.32 Å². The lowest BCUT2D eigenvalue weighted by molar-refractivity contribution is -0.119. The lowest BCUT2D eigenvalue weighted by atomic mass is 10.0. The van der Waals surface area contributed by atoms with E-state index in [0.29, 0.717) is 18.2 Å². The van der Waals surface area contributed by atoms with E-state index in [1.54, 1.807) is 48.2 Å². The van der Waals surface area contributed by atoms with Crippen LogP contribution in [0.2, 0.25) is 0 Å². The molecular formula is C28H34N2O3S2. The molecule has 0 unspecified atom stereocenters. The third-order valence-electron chi connectivity index (χ3n) is 5.70. The first-order valence-electron chi connectivity index (χ1n) is 11.8. The predicted molar refractivity (Wildman–Crippen MR) is 147 cm³/mol. The molecule has 0 saturated carbocycles. The Morgan fingerprint density at radius 2 is 1.46 bits per heavy atom. The molecule has 0 heterocycles. The summed E-state index contributed by atoms with van der Waals surface area (Å²) < 4.78 is 28.2. The molecule has 0 fully saturated rings. The Morgan fingerprint density at radius 1 is 0.886 bits per heavy atom. The van der Waals surface area contributed by atoms with Crippen LogP contribution in [0.15, 0.2) is 77.7 Å². The molecule has 1 N–H and O–H groups in total. The predicted octanol–water partition coefficient (Wildman–Crippen LogP) is 5.67. The first-order chi connectivity index (χ1) is 16.7. The molecule has 186 valence electrons. The van der Waals surface area contributed by atoms with Gasteiger partial charge in [-0.3, -0.25) is 9.10 Å². The van der Waals surface area contributed by atoms with E-state index in [-0.39, 0.29) is 17.3 Å². The van der Waals surface area contributed by atoms with Gasteiger partial charge in [-0.2, -0.15) is 11.8 Å². The second-order valence-electron chi connectivity index (χ2n) is 8.96. The number of sulfonamides is 1.